The number of nitrogens with zero attached hydrogens (tertiary/aromatic N) is 2. The zero-order valence-electron chi connectivity index (χ0n) is 15.7. The molecule has 0 saturated carbocycles. The van der Waals surface area contributed by atoms with Gasteiger partial charge in [0.25, 0.3) is 11.5 Å². The second-order valence-electron chi connectivity index (χ2n) is 6.48. The fraction of sp³-hybridized carbons (Fsp3) is 0.0455. The summed E-state index contributed by atoms with van der Waals surface area (Å²) in [5.41, 5.74) is 1.70. The normalized spacial score (nSPS) is 10.6. The second kappa shape index (κ2) is 8.71. The topological polar surface area (TPSA) is 76.0 Å². The Morgan fingerprint density at radius 1 is 1.00 bits per heavy atom. The van der Waals surface area contributed by atoms with Crippen molar-refractivity contribution >= 4 is 34.4 Å². The Balaban J connectivity index is 1.51. The molecule has 1 amide bonds. The molecule has 6 nitrogen and oxygen atoms in total. The van der Waals surface area contributed by atoms with Crippen molar-refractivity contribution in [3.63, 3.8) is 0 Å². The van der Waals surface area contributed by atoms with E-state index in [0.29, 0.717) is 22.1 Å². The lowest BCUT2D eigenvalue weighted by Gasteiger charge is -2.10. The molecule has 0 radical (unpaired) electrons. The SMILES string of the molecule is O=C(Nc1cccc(Cn2nc(Nc3cccc(F)c3)ccc2=O)c1)c1cccs1. The maximum absolute atomic E-state index is 13.4. The van der Waals surface area contributed by atoms with Crippen LogP contribution in [0.1, 0.15) is 15.2 Å². The first kappa shape index (κ1) is 19.5. The fourth-order valence-electron chi connectivity index (χ4n) is 2.86. The maximum Gasteiger partial charge on any atom is 0.267 e. The number of halogens is 1. The summed E-state index contributed by atoms with van der Waals surface area (Å²) in [6.45, 7) is 0.222. The number of carbonyl (C=O) groups excluding carboxylic acids is 1. The number of benzene rings is 2. The first-order valence-corrected chi connectivity index (χ1v) is 9.99. The second-order valence-corrected chi connectivity index (χ2v) is 7.43. The molecule has 2 aromatic heterocycles. The molecule has 2 aromatic carbocycles. The third kappa shape index (κ3) is 4.79. The summed E-state index contributed by atoms with van der Waals surface area (Å²) >= 11 is 1.36. The van der Waals surface area contributed by atoms with E-state index in [1.807, 2.05) is 17.5 Å². The van der Waals surface area contributed by atoms with E-state index < -0.39 is 0 Å². The van der Waals surface area contributed by atoms with E-state index >= 15 is 0 Å². The molecule has 150 valence electrons. The molecule has 4 aromatic rings. The van der Waals surface area contributed by atoms with Crippen molar-refractivity contribution in [1.82, 2.24) is 9.78 Å². The first-order chi connectivity index (χ1) is 14.6. The van der Waals surface area contributed by atoms with Gasteiger partial charge in [-0.15, -0.1) is 11.3 Å². The van der Waals surface area contributed by atoms with E-state index in [1.165, 1.54) is 34.2 Å². The molecule has 0 aliphatic heterocycles. The Hall–Kier alpha value is -3.78. The van der Waals surface area contributed by atoms with Gasteiger partial charge >= 0.3 is 0 Å². The Kier molecular flexibility index (Phi) is 5.67. The molecule has 2 N–H and O–H groups in total. The summed E-state index contributed by atoms with van der Waals surface area (Å²) in [5, 5.41) is 12.0. The fourth-order valence-corrected chi connectivity index (χ4v) is 3.48. The zero-order chi connectivity index (χ0) is 20.9. The smallest absolute Gasteiger partial charge is 0.267 e. The molecule has 0 atom stereocenters. The Morgan fingerprint density at radius 2 is 1.83 bits per heavy atom. The first-order valence-electron chi connectivity index (χ1n) is 9.11. The molecule has 0 aliphatic rings. The minimum Gasteiger partial charge on any atom is -0.339 e. The van der Waals surface area contributed by atoms with Gasteiger partial charge in [0, 0.05) is 17.4 Å². The number of thiophene rings is 1. The van der Waals surface area contributed by atoms with Crippen LogP contribution in [-0.4, -0.2) is 15.7 Å². The number of rotatable bonds is 6. The number of anilines is 3. The quantitative estimate of drug-likeness (QED) is 0.482. The van der Waals surface area contributed by atoms with E-state index in [0.717, 1.165) is 5.56 Å². The molecule has 8 heteroatoms. The molecular weight excluding hydrogens is 403 g/mol. The standard InChI is InChI=1S/C22H17FN4O2S/c23-16-5-2-7-18(13-16)24-20-9-10-21(28)27(26-20)14-15-4-1-6-17(12-15)25-22(29)19-8-3-11-30-19/h1-13H,14H2,(H,24,26)(H,25,29). The van der Waals surface area contributed by atoms with Gasteiger partial charge in [-0.25, -0.2) is 9.07 Å². The highest BCUT2D eigenvalue weighted by atomic mass is 32.1. The van der Waals surface area contributed by atoms with Gasteiger partial charge in [-0.1, -0.05) is 24.3 Å². The van der Waals surface area contributed by atoms with Gasteiger partial charge in [0.2, 0.25) is 0 Å². The van der Waals surface area contributed by atoms with Crippen LogP contribution in [0.2, 0.25) is 0 Å². The van der Waals surface area contributed by atoms with Gasteiger partial charge in [-0.2, -0.15) is 5.10 Å². The van der Waals surface area contributed by atoms with Crippen LogP contribution in [0.15, 0.2) is 83.0 Å². The average molecular weight is 420 g/mol. The highest BCUT2D eigenvalue weighted by Crippen LogP contribution is 2.17. The third-order valence-corrected chi connectivity index (χ3v) is 5.09. The van der Waals surface area contributed by atoms with Crippen LogP contribution in [-0.2, 0) is 6.54 Å². The highest BCUT2D eigenvalue weighted by molar-refractivity contribution is 7.12. The number of aromatic nitrogens is 2. The lowest BCUT2D eigenvalue weighted by Crippen LogP contribution is -2.23. The number of hydrogen-bond acceptors (Lipinski definition) is 5. The summed E-state index contributed by atoms with van der Waals surface area (Å²) in [6, 6.07) is 19.7. The third-order valence-electron chi connectivity index (χ3n) is 4.23. The summed E-state index contributed by atoms with van der Waals surface area (Å²) in [7, 11) is 0. The zero-order valence-corrected chi connectivity index (χ0v) is 16.5. The van der Waals surface area contributed by atoms with Gasteiger partial charge in [-0.05, 0) is 53.4 Å². The summed E-state index contributed by atoms with van der Waals surface area (Å²) in [5.74, 6) is -0.129. The van der Waals surface area contributed by atoms with Crippen molar-refractivity contribution in [1.29, 1.82) is 0 Å². The Labute approximate surface area is 175 Å². The van der Waals surface area contributed by atoms with Gasteiger partial charge in [-0.3, -0.25) is 9.59 Å². The van der Waals surface area contributed by atoms with Crippen LogP contribution in [0.5, 0.6) is 0 Å². The summed E-state index contributed by atoms with van der Waals surface area (Å²) in [6.07, 6.45) is 0. The minimum absolute atomic E-state index is 0.182. The molecule has 2 heterocycles. The van der Waals surface area contributed by atoms with Gasteiger partial charge in [0.15, 0.2) is 5.82 Å². The average Bonchev–Trinajstić information content (AvgIpc) is 3.26. The Morgan fingerprint density at radius 3 is 2.63 bits per heavy atom. The van der Waals surface area contributed by atoms with Crippen molar-refractivity contribution in [2.24, 2.45) is 0 Å². The van der Waals surface area contributed by atoms with Crippen LogP contribution in [0.3, 0.4) is 0 Å². The summed E-state index contributed by atoms with van der Waals surface area (Å²) in [4.78, 5) is 25.1. The van der Waals surface area contributed by atoms with Crippen LogP contribution in [0, 0.1) is 5.82 Å². The number of carbonyl (C=O) groups is 1. The van der Waals surface area contributed by atoms with Crippen LogP contribution in [0.4, 0.5) is 21.6 Å². The van der Waals surface area contributed by atoms with Crippen LogP contribution >= 0.6 is 11.3 Å². The Bertz CT molecular complexity index is 1240. The van der Waals surface area contributed by atoms with Crippen LogP contribution in [0.25, 0.3) is 0 Å². The maximum atomic E-state index is 13.4. The predicted molar refractivity (Wildman–Crippen MR) is 116 cm³/mol. The molecule has 0 unspecified atom stereocenters. The number of nitrogens with one attached hydrogen (secondary N) is 2. The molecule has 0 aliphatic carbocycles. The van der Waals surface area contributed by atoms with Gasteiger partial charge in [0.1, 0.15) is 5.82 Å². The van der Waals surface area contributed by atoms with Gasteiger partial charge in [0.05, 0.1) is 11.4 Å². The number of hydrogen-bond donors (Lipinski definition) is 2. The predicted octanol–water partition coefficient (Wildman–Crippen LogP) is 4.49. The van der Waals surface area contributed by atoms with Crippen molar-refractivity contribution in [2.45, 2.75) is 6.54 Å². The van der Waals surface area contributed by atoms with E-state index in [9.17, 15) is 14.0 Å². The highest BCUT2D eigenvalue weighted by Gasteiger charge is 2.08. The summed E-state index contributed by atoms with van der Waals surface area (Å²) < 4.78 is 14.7. The van der Waals surface area contributed by atoms with Crippen molar-refractivity contribution in [3.05, 3.63) is 105 Å². The van der Waals surface area contributed by atoms with Crippen LogP contribution < -0.4 is 16.2 Å². The van der Waals surface area contributed by atoms with E-state index in [-0.39, 0.29) is 23.8 Å². The molecule has 0 bridgehead atoms. The molecule has 0 fully saturated rings. The van der Waals surface area contributed by atoms with Crippen molar-refractivity contribution in [3.8, 4) is 0 Å². The van der Waals surface area contributed by atoms with Crippen molar-refractivity contribution in [2.75, 3.05) is 10.6 Å². The van der Waals surface area contributed by atoms with Gasteiger partial charge < -0.3 is 10.6 Å². The minimum atomic E-state index is -0.366. The van der Waals surface area contributed by atoms with E-state index in [2.05, 4.69) is 15.7 Å². The number of amides is 1. The van der Waals surface area contributed by atoms with E-state index in [1.54, 1.807) is 42.5 Å². The monoisotopic (exact) mass is 420 g/mol. The van der Waals surface area contributed by atoms with Crippen molar-refractivity contribution < 1.29 is 9.18 Å². The largest absolute Gasteiger partial charge is 0.339 e. The molecular formula is C22H17FN4O2S. The molecule has 0 spiro atoms. The van der Waals surface area contributed by atoms with E-state index in [4.69, 9.17) is 0 Å². The molecule has 0 saturated heterocycles. The molecule has 4 rings (SSSR count). The lowest BCUT2D eigenvalue weighted by molar-refractivity contribution is 0.103. The lowest BCUT2D eigenvalue weighted by atomic mass is 10.2. The molecule has 30 heavy (non-hydrogen) atoms.